The van der Waals surface area contributed by atoms with Crippen LogP contribution in [0.4, 0.5) is 0 Å². The molecule has 0 aromatic heterocycles. The van der Waals surface area contributed by atoms with Crippen LogP contribution in [-0.2, 0) is 6.42 Å². The van der Waals surface area contributed by atoms with Gasteiger partial charge in [0.05, 0.1) is 6.07 Å². The van der Waals surface area contributed by atoms with Crippen molar-refractivity contribution in [3.05, 3.63) is 34.3 Å². The molecule has 13 heavy (non-hydrogen) atoms. The first-order valence-electron chi connectivity index (χ1n) is 4.28. The summed E-state index contributed by atoms with van der Waals surface area (Å²) in [4.78, 5) is 0. The Kier molecular flexibility index (Phi) is 3.33. The van der Waals surface area contributed by atoms with Gasteiger partial charge in [-0.3, -0.25) is 0 Å². The second-order valence-electron chi connectivity index (χ2n) is 3.32. The molecule has 0 saturated heterocycles. The van der Waals surface area contributed by atoms with E-state index in [0.29, 0.717) is 0 Å². The van der Waals surface area contributed by atoms with Crippen molar-refractivity contribution in [2.45, 2.75) is 20.3 Å². The van der Waals surface area contributed by atoms with Crippen LogP contribution in [-0.4, -0.2) is 0 Å². The minimum absolute atomic E-state index is 0.0544. The van der Waals surface area contributed by atoms with Gasteiger partial charge < -0.3 is 0 Å². The Balaban J connectivity index is 2.81. The molecule has 0 aliphatic heterocycles. The Hall–Kier alpha value is -1.00. The summed E-state index contributed by atoms with van der Waals surface area (Å²) in [5.41, 5.74) is 2.21. The lowest BCUT2D eigenvalue weighted by atomic mass is 10.0. The molecular formula is C11H12ClN. The molecule has 1 atom stereocenters. The van der Waals surface area contributed by atoms with Crippen molar-refractivity contribution in [3.63, 3.8) is 0 Å². The number of benzene rings is 1. The monoisotopic (exact) mass is 193 g/mol. The van der Waals surface area contributed by atoms with Gasteiger partial charge in [-0.05, 0) is 37.5 Å². The van der Waals surface area contributed by atoms with Gasteiger partial charge in [0, 0.05) is 10.9 Å². The molecule has 0 aliphatic rings. The van der Waals surface area contributed by atoms with Gasteiger partial charge in [-0.2, -0.15) is 5.26 Å². The maximum absolute atomic E-state index is 8.64. The average Bonchev–Trinajstić information content (AvgIpc) is 2.11. The molecule has 0 N–H and O–H groups in total. The Morgan fingerprint density at radius 2 is 2.23 bits per heavy atom. The lowest BCUT2D eigenvalue weighted by Gasteiger charge is -2.04. The van der Waals surface area contributed by atoms with E-state index >= 15 is 0 Å². The molecule has 0 radical (unpaired) electrons. The number of nitrogens with zero attached hydrogens (tertiary/aromatic N) is 1. The van der Waals surface area contributed by atoms with Gasteiger partial charge in [-0.15, -0.1) is 0 Å². The highest BCUT2D eigenvalue weighted by Crippen LogP contribution is 2.18. The van der Waals surface area contributed by atoms with Gasteiger partial charge in [0.25, 0.3) is 0 Å². The predicted octanol–water partition coefficient (Wildman–Crippen LogP) is 3.35. The lowest BCUT2D eigenvalue weighted by Crippen LogP contribution is -1.96. The van der Waals surface area contributed by atoms with Crippen molar-refractivity contribution < 1.29 is 0 Å². The van der Waals surface area contributed by atoms with E-state index in [9.17, 15) is 0 Å². The number of hydrogen-bond donors (Lipinski definition) is 0. The molecule has 0 amide bonds. The molecule has 1 unspecified atom stereocenters. The molecule has 1 aromatic carbocycles. The summed E-state index contributed by atoms with van der Waals surface area (Å²) in [6.07, 6.45) is 0.774. The van der Waals surface area contributed by atoms with E-state index in [1.807, 2.05) is 32.0 Å². The van der Waals surface area contributed by atoms with Crippen molar-refractivity contribution in [3.8, 4) is 6.07 Å². The first kappa shape index (κ1) is 10.1. The first-order chi connectivity index (χ1) is 6.13. The highest BCUT2D eigenvalue weighted by molar-refractivity contribution is 6.31. The summed E-state index contributed by atoms with van der Waals surface area (Å²) in [7, 11) is 0. The number of hydrogen-bond acceptors (Lipinski definition) is 1. The molecule has 0 saturated carbocycles. The first-order valence-corrected chi connectivity index (χ1v) is 4.66. The number of rotatable bonds is 2. The highest BCUT2D eigenvalue weighted by atomic mass is 35.5. The van der Waals surface area contributed by atoms with E-state index < -0.39 is 0 Å². The van der Waals surface area contributed by atoms with Crippen LogP contribution >= 0.6 is 11.6 Å². The fourth-order valence-corrected chi connectivity index (χ4v) is 1.37. The third-order valence-corrected chi connectivity index (χ3v) is 2.41. The fraction of sp³-hybridized carbons (Fsp3) is 0.364. The van der Waals surface area contributed by atoms with Crippen LogP contribution in [0.2, 0.25) is 5.02 Å². The standard InChI is InChI=1S/C11H12ClN/c1-8(7-13)5-10-4-3-9(2)11(12)6-10/h3-4,6,8H,5H2,1-2H3. The van der Waals surface area contributed by atoms with Gasteiger partial charge in [0.1, 0.15) is 0 Å². The van der Waals surface area contributed by atoms with Crippen LogP contribution in [0.5, 0.6) is 0 Å². The summed E-state index contributed by atoms with van der Waals surface area (Å²) in [6.45, 7) is 3.88. The minimum atomic E-state index is 0.0544. The van der Waals surface area contributed by atoms with Gasteiger partial charge in [-0.1, -0.05) is 23.7 Å². The largest absolute Gasteiger partial charge is 0.198 e. The number of aryl methyl sites for hydroxylation is 1. The third-order valence-electron chi connectivity index (χ3n) is 2.00. The van der Waals surface area contributed by atoms with Crippen LogP contribution in [0.25, 0.3) is 0 Å². The summed E-state index contributed by atoms with van der Waals surface area (Å²) >= 11 is 5.96. The van der Waals surface area contributed by atoms with Crippen molar-refractivity contribution >= 4 is 11.6 Å². The van der Waals surface area contributed by atoms with Crippen molar-refractivity contribution in [1.29, 1.82) is 5.26 Å². The fourth-order valence-electron chi connectivity index (χ4n) is 1.16. The Morgan fingerprint density at radius 1 is 1.54 bits per heavy atom. The average molecular weight is 194 g/mol. The molecule has 1 rings (SSSR count). The summed E-state index contributed by atoms with van der Waals surface area (Å²) in [5, 5.41) is 9.42. The SMILES string of the molecule is Cc1ccc(CC(C)C#N)cc1Cl. The highest BCUT2D eigenvalue weighted by Gasteiger charge is 2.03. The van der Waals surface area contributed by atoms with E-state index in [-0.39, 0.29) is 5.92 Å². The zero-order chi connectivity index (χ0) is 9.84. The van der Waals surface area contributed by atoms with E-state index in [1.165, 1.54) is 0 Å². The van der Waals surface area contributed by atoms with Gasteiger partial charge in [0.15, 0.2) is 0 Å². The topological polar surface area (TPSA) is 23.8 Å². The Morgan fingerprint density at radius 3 is 2.77 bits per heavy atom. The van der Waals surface area contributed by atoms with Crippen molar-refractivity contribution in [2.24, 2.45) is 5.92 Å². The maximum atomic E-state index is 8.64. The molecule has 1 aromatic rings. The lowest BCUT2D eigenvalue weighted by molar-refractivity contribution is 0.739. The van der Waals surface area contributed by atoms with E-state index in [2.05, 4.69) is 6.07 Å². The summed E-state index contributed by atoms with van der Waals surface area (Å²) in [5.74, 6) is 0.0544. The van der Waals surface area contributed by atoms with E-state index in [0.717, 1.165) is 22.6 Å². The van der Waals surface area contributed by atoms with Crippen LogP contribution in [0.3, 0.4) is 0 Å². The van der Waals surface area contributed by atoms with Crippen LogP contribution < -0.4 is 0 Å². The van der Waals surface area contributed by atoms with Crippen LogP contribution in [0.1, 0.15) is 18.1 Å². The van der Waals surface area contributed by atoms with E-state index in [4.69, 9.17) is 16.9 Å². The van der Waals surface area contributed by atoms with Crippen molar-refractivity contribution in [2.75, 3.05) is 0 Å². The molecule has 0 aliphatic carbocycles. The molecule has 1 nitrogen and oxygen atoms in total. The zero-order valence-corrected chi connectivity index (χ0v) is 8.60. The number of halogens is 1. The quantitative estimate of drug-likeness (QED) is 0.707. The zero-order valence-electron chi connectivity index (χ0n) is 7.84. The smallest absolute Gasteiger partial charge is 0.0656 e. The predicted molar refractivity (Wildman–Crippen MR) is 54.7 cm³/mol. The maximum Gasteiger partial charge on any atom is 0.0656 e. The van der Waals surface area contributed by atoms with Gasteiger partial charge in [-0.25, -0.2) is 0 Å². The molecule has 0 fully saturated rings. The number of nitriles is 1. The Labute approximate surface area is 84.0 Å². The molecular weight excluding hydrogens is 182 g/mol. The molecule has 0 heterocycles. The van der Waals surface area contributed by atoms with Gasteiger partial charge in [0.2, 0.25) is 0 Å². The Bertz CT molecular complexity index is 338. The molecule has 0 spiro atoms. The molecule has 0 bridgehead atoms. The molecule has 2 heteroatoms. The van der Waals surface area contributed by atoms with E-state index in [1.54, 1.807) is 0 Å². The van der Waals surface area contributed by atoms with Gasteiger partial charge >= 0.3 is 0 Å². The second-order valence-corrected chi connectivity index (χ2v) is 3.73. The summed E-state index contributed by atoms with van der Waals surface area (Å²) < 4.78 is 0. The normalized spacial score (nSPS) is 12.2. The summed E-state index contributed by atoms with van der Waals surface area (Å²) in [6, 6.07) is 8.15. The minimum Gasteiger partial charge on any atom is -0.198 e. The third kappa shape index (κ3) is 2.75. The van der Waals surface area contributed by atoms with Crippen molar-refractivity contribution in [1.82, 2.24) is 0 Å². The van der Waals surface area contributed by atoms with Crippen LogP contribution in [0, 0.1) is 24.2 Å². The molecule has 68 valence electrons. The second kappa shape index (κ2) is 4.30. The van der Waals surface area contributed by atoms with Crippen LogP contribution in [0.15, 0.2) is 18.2 Å².